The summed E-state index contributed by atoms with van der Waals surface area (Å²) in [7, 11) is 0. The second-order valence-electron chi connectivity index (χ2n) is 8.52. The number of aliphatic hydroxyl groups is 1. The number of allylic oxidation sites excluding steroid dienone is 3. The number of hydrogen-bond donors (Lipinski definition) is 4. The molecule has 10 heteroatoms. The van der Waals surface area contributed by atoms with E-state index < -0.39 is 40.5 Å². The van der Waals surface area contributed by atoms with E-state index in [1.807, 2.05) is 0 Å². The van der Waals surface area contributed by atoms with E-state index in [0.29, 0.717) is 19.3 Å². The van der Waals surface area contributed by atoms with E-state index in [-0.39, 0.29) is 47.9 Å². The average Bonchev–Trinajstić information content (AvgIpc) is 3.46. The van der Waals surface area contributed by atoms with Crippen LogP contribution in [0.15, 0.2) is 27.3 Å². The van der Waals surface area contributed by atoms with E-state index in [1.165, 1.54) is 11.0 Å². The zero-order chi connectivity index (χ0) is 22.5. The van der Waals surface area contributed by atoms with Gasteiger partial charge in [-0.3, -0.25) is 14.4 Å². The molecule has 3 aliphatic rings. The highest BCUT2D eigenvalue weighted by Crippen LogP contribution is 2.35. The largest absolute Gasteiger partial charge is 0.502 e. The first-order valence-corrected chi connectivity index (χ1v) is 10.5. The lowest BCUT2D eigenvalue weighted by molar-refractivity contribution is 0.0747. The quantitative estimate of drug-likeness (QED) is 0.543. The maximum absolute atomic E-state index is 13.9. The van der Waals surface area contributed by atoms with Crippen LogP contribution < -0.4 is 10.9 Å². The van der Waals surface area contributed by atoms with Crippen molar-refractivity contribution in [2.75, 3.05) is 19.6 Å². The van der Waals surface area contributed by atoms with E-state index >= 15 is 0 Å². The van der Waals surface area contributed by atoms with Gasteiger partial charge in [-0.25, -0.2) is 4.39 Å². The van der Waals surface area contributed by atoms with Crippen molar-refractivity contribution < 1.29 is 24.2 Å². The number of amides is 2. The third kappa shape index (κ3) is 4.12. The van der Waals surface area contributed by atoms with Gasteiger partial charge in [0.15, 0.2) is 5.75 Å². The van der Waals surface area contributed by atoms with Gasteiger partial charge < -0.3 is 25.4 Å². The van der Waals surface area contributed by atoms with Crippen LogP contribution >= 0.6 is 11.6 Å². The van der Waals surface area contributed by atoms with Gasteiger partial charge in [-0.05, 0) is 42.9 Å². The van der Waals surface area contributed by atoms with Crippen molar-refractivity contribution in [1.82, 2.24) is 15.2 Å². The van der Waals surface area contributed by atoms with Crippen molar-refractivity contribution in [3.63, 3.8) is 0 Å². The zero-order valence-electron chi connectivity index (χ0n) is 16.9. The summed E-state index contributed by atoms with van der Waals surface area (Å²) in [5.74, 6) is -2.73. The zero-order valence-corrected chi connectivity index (χ0v) is 17.7. The molecule has 0 aromatic carbocycles. The Labute approximate surface area is 182 Å². The molecule has 1 fully saturated rings. The molecule has 4 N–H and O–H groups in total. The summed E-state index contributed by atoms with van der Waals surface area (Å²) in [5, 5.41) is 22.8. The van der Waals surface area contributed by atoms with Crippen molar-refractivity contribution in [2.24, 2.45) is 5.92 Å². The van der Waals surface area contributed by atoms with Crippen molar-refractivity contribution in [1.29, 1.82) is 0 Å². The van der Waals surface area contributed by atoms with Gasteiger partial charge in [0.05, 0.1) is 16.2 Å². The molecule has 1 saturated carbocycles. The standard InChI is InChI=1S/C21H23ClFN3O5/c1-10-6-11(7-13(22)15(10)23)8-26-5-2-12-14(20(26)30)17(27)19(29)25-16(12)18(28)24-9-21(31)3-4-21/h7,10,27,31H,2-6,8-9H2,1H3,(H,24,28)(H,25,29). The number of rotatable bonds is 5. The molecule has 8 nitrogen and oxygen atoms in total. The van der Waals surface area contributed by atoms with E-state index in [1.54, 1.807) is 6.92 Å². The summed E-state index contributed by atoms with van der Waals surface area (Å²) in [6.45, 7) is 2.16. The van der Waals surface area contributed by atoms with Crippen molar-refractivity contribution in [2.45, 2.75) is 38.2 Å². The molecule has 0 radical (unpaired) electrons. The lowest BCUT2D eigenvalue weighted by atomic mass is 9.92. The molecule has 2 amide bonds. The average molecular weight is 452 g/mol. The van der Waals surface area contributed by atoms with E-state index in [2.05, 4.69) is 10.3 Å². The fourth-order valence-electron chi connectivity index (χ4n) is 4.00. The molecule has 1 aromatic rings. The van der Waals surface area contributed by atoms with E-state index in [4.69, 9.17) is 11.6 Å². The third-order valence-corrected chi connectivity index (χ3v) is 6.30. The smallest absolute Gasteiger partial charge is 0.291 e. The number of nitrogens with one attached hydrogen (secondary N) is 2. The van der Waals surface area contributed by atoms with Crippen molar-refractivity contribution in [3.8, 4) is 5.75 Å². The number of carbonyl (C=O) groups is 2. The number of H-pyrrole nitrogens is 1. The van der Waals surface area contributed by atoms with Crippen LogP contribution in [0.25, 0.3) is 0 Å². The highest BCUT2D eigenvalue weighted by molar-refractivity contribution is 6.31. The predicted molar refractivity (Wildman–Crippen MR) is 111 cm³/mol. The Morgan fingerprint density at radius 1 is 1.42 bits per heavy atom. The van der Waals surface area contributed by atoms with Gasteiger partial charge in [0.2, 0.25) is 0 Å². The van der Waals surface area contributed by atoms with Crippen LogP contribution in [0.5, 0.6) is 5.75 Å². The number of aromatic amines is 1. The Balaban J connectivity index is 1.60. The van der Waals surface area contributed by atoms with E-state index in [0.717, 1.165) is 5.57 Å². The molecule has 0 bridgehead atoms. The molecule has 166 valence electrons. The molecule has 1 aliphatic heterocycles. The van der Waals surface area contributed by atoms with Crippen molar-refractivity contribution in [3.05, 3.63) is 49.7 Å². The van der Waals surface area contributed by atoms with E-state index in [9.17, 15) is 29.0 Å². The lowest BCUT2D eigenvalue weighted by Gasteiger charge is -2.31. The second-order valence-corrected chi connectivity index (χ2v) is 8.93. The second kappa shape index (κ2) is 7.80. The summed E-state index contributed by atoms with van der Waals surface area (Å²) in [5.41, 5.74) is -1.14. The van der Waals surface area contributed by atoms with Crippen LogP contribution in [0.1, 0.15) is 52.6 Å². The fraction of sp³-hybridized carbons (Fsp3) is 0.476. The number of hydrogen-bond acceptors (Lipinski definition) is 5. The molecular weight excluding hydrogens is 429 g/mol. The van der Waals surface area contributed by atoms with Gasteiger partial charge in [0.1, 0.15) is 11.5 Å². The van der Waals surface area contributed by atoms with Gasteiger partial charge in [-0.1, -0.05) is 18.5 Å². The van der Waals surface area contributed by atoms with Gasteiger partial charge in [-0.2, -0.15) is 0 Å². The van der Waals surface area contributed by atoms with Crippen molar-refractivity contribution >= 4 is 23.4 Å². The normalized spacial score (nSPS) is 22.2. The van der Waals surface area contributed by atoms with Crippen LogP contribution in [0, 0.1) is 5.92 Å². The SMILES string of the molecule is CC1CC(CN2CCc3c(C(=O)NCC4(O)CC4)[nH]c(=O)c(O)c3C2=O)=CC(Cl)=C1F. The molecule has 1 aromatic heterocycles. The molecule has 4 rings (SSSR count). The first-order valence-electron chi connectivity index (χ1n) is 10.1. The predicted octanol–water partition coefficient (Wildman–Crippen LogP) is 1.72. The fourth-order valence-corrected chi connectivity index (χ4v) is 4.34. The number of carbonyl (C=O) groups excluding carboxylic acids is 2. The molecule has 2 heterocycles. The Bertz CT molecular complexity index is 1090. The molecule has 1 unspecified atom stereocenters. The summed E-state index contributed by atoms with van der Waals surface area (Å²) in [6, 6.07) is 0. The Morgan fingerprint density at radius 2 is 2.13 bits per heavy atom. The Morgan fingerprint density at radius 3 is 2.77 bits per heavy atom. The number of fused-ring (bicyclic) bond motifs is 1. The number of nitrogens with zero attached hydrogens (tertiary/aromatic N) is 1. The highest BCUT2D eigenvalue weighted by atomic mass is 35.5. The van der Waals surface area contributed by atoms with Gasteiger partial charge in [0, 0.05) is 25.6 Å². The number of halogens is 2. The van der Waals surface area contributed by atoms with Crippen LogP contribution in [-0.2, 0) is 6.42 Å². The maximum Gasteiger partial charge on any atom is 0.291 e. The summed E-state index contributed by atoms with van der Waals surface area (Å²) in [6.07, 6.45) is 3.31. The summed E-state index contributed by atoms with van der Waals surface area (Å²) in [4.78, 5) is 41.7. The third-order valence-electron chi connectivity index (χ3n) is 6.01. The maximum atomic E-state index is 13.9. The van der Waals surface area contributed by atoms with Crippen LogP contribution in [0.2, 0.25) is 0 Å². The number of pyridine rings is 1. The topological polar surface area (TPSA) is 123 Å². The van der Waals surface area contributed by atoms with Crippen LogP contribution in [0.4, 0.5) is 4.39 Å². The first kappa shape index (κ1) is 21.6. The highest BCUT2D eigenvalue weighted by Gasteiger charge is 2.41. The molecule has 1 atom stereocenters. The van der Waals surface area contributed by atoms with Crippen LogP contribution in [0.3, 0.4) is 0 Å². The molecule has 0 saturated heterocycles. The molecule has 31 heavy (non-hydrogen) atoms. The number of aromatic hydroxyl groups is 1. The Hall–Kier alpha value is -2.65. The van der Waals surface area contributed by atoms with Crippen LogP contribution in [-0.4, -0.2) is 57.1 Å². The molecule has 0 spiro atoms. The summed E-state index contributed by atoms with van der Waals surface area (Å²) < 4.78 is 13.9. The molecular formula is C21H23ClFN3O5. The van der Waals surface area contributed by atoms with Gasteiger partial charge in [-0.15, -0.1) is 0 Å². The minimum atomic E-state index is -0.942. The van der Waals surface area contributed by atoms with Gasteiger partial charge >= 0.3 is 0 Å². The minimum absolute atomic E-state index is 0.00850. The first-order chi connectivity index (χ1) is 14.6. The molecule has 2 aliphatic carbocycles. The van der Waals surface area contributed by atoms with Gasteiger partial charge in [0.25, 0.3) is 17.4 Å². The Kier molecular flexibility index (Phi) is 5.43. The lowest BCUT2D eigenvalue weighted by Crippen LogP contribution is -2.42. The number of aromatic nitrogens is 1. The monoisotopic (exact) mass is 451 g/mol. The summed E-state index contributed by atoms with van der Waals surface area (Å²) >= 11 is 5.94. The minimum Gasteiger partial charge on any atom is -0.502 e.